The topological polar surface area (TPSA) is 86.6 Å². The first-order valence-electron chi connectivity index (χ1n) is 8.97. The van der Waals surface area contributed by atoms with Crippen molar-refractivity contribution in [3.05, 3.63) is 23.5 Å². The number of ether oxygens (including phenoxy) is 2. The minimum atomic E-state index is -0.604. The van der Waals surface area contributed by atoms with Crippen LogP contribution in [0.3, 0.4) is 0 Å². The second-order valence-electron chi connectivity index (χ2n) is 8.04. The average Bonchev–Trinajstić information content (AvgIpc) is 2.87. The average molecular weight is 362 g/mol. The largest absolute Gasteiger partial charge is 0.469 e. The summed E-state index contributed by atoms with van der Waals surface area (Å²) < 4.78 is 12.2. The van der Waals surface area contributed by atoms with Crippen LogP contribution >= 0.6 is 0 Å². The fourth-order valence-corrected chi connectivity index (χ4v) is 3.93. The van der Waals surface area contributed by atoms with Crippen LogP contribution in [0.1, 0.15) is 50.8 Å². The maximum Gasteiger partial charge on any atom is 0.407 e. The third-order valence-electron chi connectivity index (χ3n) is 4.96. The summed E-state index contributed by atoms with van der Waals surface area (Å²) in [7, 11) is 1.34. The van der Waals surface area contributed by atoms with E-state index in [1.165, 1.54) is 7.11 Å². The van der Waals surface area contributed by atoms with Crippen molar-refractivity contribution in [3.8, 4) is 0 Å². The molecule has 1 aliphatic carbocycles. The quantitative estimate of drug-likeness (QED) is 0.815. The summed E-state index contributed by atoms with van der Waals surface area (Å²) in [5.74, 6) is -1.39. The number of aryl methyl sites for hydroxylation is 1. The standard InChI is InChI=1S/C19H26N2O5/c1-19(2,3)26-18(24)20-13-6-5-11-7-8-21-10-12(17(23)25-4)9-14(22)15(13)16(11)21/h7-8,12-13,15H,5-6,9-10H2,1-4H3,(H,20,24)/t12-,13-,15?/m0/s1. The number of rotatable bonds is 2. The molecule has 0 fully saturated rings. The fourth-order valence-electron chi connectivity index (χ4n) is 3.93. The number of methoxy groups -OCH3 is 1. The first kappa shape index (κ1) is 18.5. The van der Waals surface area contributed by atoms with Crippen molar-refractivity contribution in [3.63, 3.8) is 0 Å². The number of aromatic nitrogens is 1. The van der Waals surface area contributed by atoms with E-state index in [0.717, 1.165) is 17.7 Å². The predicted octanol–water partition coefficient (Wildman–Crippen LogP) is 2.17. The van der Waals surface area contributed by atoms with Gasteiger partial charge in [-0.2, -0.15) is 0 Å². The Kier molecular flexibility index (Phi) is 4.82. The zero-order chi connectivity index (χ0) is 19.1. The number of hydrogen-bond acceptors (Lipinski definition) is 5. The van der Waals surface area contributed by atoms with Crippen molar-refractivity contribution >= 4 is 17.8 Å². The molecule has 0 aromatic carbocycles. The number of ketones is 1. The molecule has 1 N–H and O–H groups in total. The van der Waals surface area contributed by atoms with Gasteiger partial charge in [-0.25, -0.2) is 4.79 Å². The summed E-state index contributed by atoms with van der Waals surface area (Å²) in [6.07, 6.45) is 2.95. The molecule has 0 saturated heterocycles. The van der Waals surface area contributed by atoms with Crippen LogP contribution < -0.4 is 5.32 Å². The van der Waals surface area contributed by atoms with Crippen molar-refractivity contribution in [2.24, 2.45) is 5.92 Å². The van der Waals surface area contributed by atoms with Gasteiger partial charge >= 0.3 is 12.1 Å². The van der Waals surface area contributed by atoms with E-state index in [2.05, 4.69) is 5.32 Å². The SMILES string of the molecule is COC(=O)[C@H]1CC(=O)C2c3c(ccn3C1)CC[C@@H]2NC(=O)OC(C)(C)C. The smallest absolute Gasteiger partial charge is 0.407 e. The summed E-state index contributed by atoms with van der Waals surface area (Å²) in [5, 5.41) is 2.87. The Hall–Kier alpha value is -2.31. The zero-order valence-electron chi connectivity index (χ0n) is 15.7. The Bertz CT molecular complexity index is 731. The van der Waals surface area contributed by atoms with E-state index in [4.69, 9.17) is 9.47 Å². The number of carbonyl (C=O) groups excluding carboxylic acids is 3. The van der Waals surface area contributed by atoms with Gasteiger partial charge in [0.1, 0.15) is 11.4 Å². The zero-order valence-corrected chi connectivity index (χ0v) is 15.7. The summed E-state index contributed by atoms with van der Waals surface area (Å²) in [6, 6.07) is 1.66. The molecule has 1 aromatic heterocycles. The van der Waals surface area contributed by atoms with Gasteiger partial charge in [0.25, 0.3) is 0 Å². The summed E-state index contributed by atoms with van der Waals surface area (Å²) in [4.78, 5) is 37.2. The molecule has 7 heteroatoms. The predicted molar refractivity (Wildman–Crippen MR) is 93.8 cm³/mol. The number of alkyl carbamates (subject to hydrolysis) is 1. The van der Waals surface area contributed by atoms with Gasteiger partial charge in [-0.05, 0) is 45.2 Å². The first-order chi connectivity index (χ1) is 12.2. The highest BCUT2D eigenvalue weighted by Crippen LogP contribution is 2.38. The van der Waals surface area contributed by atoms with Gasteiger partial charge in [0.2, 0.25) is 0 Å². The number of nitrogens with one attached hydrogen (secondary N) is 1. The Labute approximate surface area is 153 Å². The summed E-state index contributed by atoms with van der Waals surface area (Å²) in [5.41, 5.74) is 1.41. The monoisotopic (exact) mass is 362 g/mol. The molecule has 1 unspecified atom stereocenters. The van der Waals surface area contributed by atoms with Crippen LogP contribution in [0.5, 0.6) is 0 Å². The van der Waals surface area contributed by atoms with Crippen molar-refractivity contribution in [2.45, 2.75) is 64.1 Å². The van der Waals surface area contributed by atoms with Crippen molar-refractivity contribution in [1.29, 1.82) is 0 Å². The number of Topliss-reactive ketones (excluding diaryl/α,β-unsaturated/α-hetero) is 1. The van der Waals surface area contributed by atoms with E-state index < -0.39 is 23.5 Å². The Morgan fingerprint density at radius 3 is 2.69 bits per heavy atom. The number of esters is 1. The van der Waals surface area contributed by atoms with Crippen LogP contribution in [0.15, 0.2) is 12.3 Å². The number of nitrogens with zero attached hydrogens (tertiary/aromatic N) is 1. The molecule has 2 aliphatic rings. The van der Waals surface area contributed by atoms with E-state index in [1.54, 1.807) is 20.8 Å². The number of amides is 1. The molecule has 1 aromatic rings. The molecular formula is C19H26N2O5. The van der Waals surface area contributed by atoms with Crippen molar-refractivity contribution in [1.82, 2.24) is 9.88 Å². The van der Waals surface area contributed by atoms with Gasteiger partial charge < -0.3 is 19.4 Å². The minimum Gasteiger partial charge on any atom is -0.469 e. The second-order valence-corrected chi connectivity index (χ2v) is 8.04. The van der Waals surface area contributed by atoms with Crippen LogP contribution in [-0.2, 0) is 32.0 Å². The van der Waals surface area contributed by atoms with Gasteiger partial charge in [-0.3, -0.25) is 9.59 Å². The number of carbonyl (C=O) groups is 3. The summed E-state index contributed by atoms with van der Waals surface area (Å²) in [6.45, 7) is 5.82. The highest BCUT2D eigenvalue weighted by atomic mass is 16.6. The van der Waals surface area contributed by atoms with E-state index in [9.17, 15) is 14.4 Å². The lowest BCUT2D eigenvalue weighted by molar-refractivity contribution is -0.147. The number of hydrogen-bond donors (Lipinski definition) is 1. The van der Waals surface area contributed by atoms with E-state index in [1.807, 2.05) is 16.8 Å². The highest BCUT2D eigenvalue weighted by molar-refractivity contribution is 5.91. The molecule has 0 bridgehead atoms. The van der Waals surface area contributed by atoms with E-state index in [0.29, 0.717) is 13.0 Å². The molecule has 142 valence electrons. The third kappa shape index (κ3) is 3.61. The molecular weight excluding hydrogens is 336 g/mol. The van der Waals surface area contributed by atoms with Gasteiger partial charge in [-0.1, -0.05) is 0 Å². The molecule has 7 nitrogen and oxygen atoms in total. The first-order valence-corrected chi connectivity index (χ1v) is 8.97. The van der Waals surface area contributed by atoms with Crippen LogP contribution in [-0.4, -0.2) is 41.2 Å². The van der Waals surface area contributed by atoms with Gasteiger partial charge in [0, 0.05) is 30.9 Å². The Morgan fingerprint density at radius 2 is 2.04 bits per heavy atom. The second kappa shape index (κ2) is 6.78. The molecule has 0 saturated carbocycles. The van der Waals surface area contributed by atoms with Gasteiger partial charge in [0.15, 0.2) is 0 Å². The molecule has 3 rings (SSSR count). The molecule has 2 heterocycles. The van der Waals surface area contributed by atoms with E-state index >= 15 is 0 Å². The highest BCUT2D eigenvalue weighted by Gasteiger charge is 2.42. The van der Waals surface area contributed by atoms with Gasteiger partial charge in [0.05, 0.1) is 18.9 Å². The lowest BCUT2D eigenvalue weighted by Crippen LogP contribution is -2.46. The van der Waals surface area contributed by atoms with Crippen LogP contribution in [0.25, 0.3) is 0 Å². The van der Waals surface area contributed by atoms with Crippen molar-refractivity contribution in [2.75, 3.05) is 7.11 Å². The van der Waals surface area contributed by atoms with Crippen LogP contribution in [0.4, 0.5) is 4.79 Å². The van der Waals surface area contributed by atoms with Gasteiger partial charge in [-0.15, -0.1) is 0 Å². The molecule has 26 heavy (non-hydrogen) atoms. The lowest BCUT2D eigenvalue weighted by Gasteiger charge is -2.32. The molecule has 0 spiro atoms. The molecule has 1 aliphatic heterocycles. The normalized spacial score (nSPS) is 25.1. The Morgan fingerprint density at radius 1 is 1.31 bits per heavy atom. The Balaban J connectivity index is 1.87. The molecule has 0 radical (unpaired) electrons. The third-order valence-corrected chi connectivity index (χ3v) is 4.96. The minimum absolute atomic E-state index is 0.0418. The van der Waals surface area contributed by atoms with Crippen LogP contribution in [0.2, 0.25) is 0 Å². The summed E-state index contributed by atoms with van der Waals surface area (Å²) >= 11 is 0. The van der Waals surface area contributed by atoms with Crippen molar-refractivity contribution < 1.29 is 23.9 Å². The fraction of sp³-hybridized carbons (Fsp3) is 0.632. The molecule has 3 atom stereocenters. The van der Waals surface area contributed by atoms with Crippen LogP contribution in [0, 0.1) is 5.92 Å². The lowest BCUT2D eigenvalue weighted by atomic mass is 9.79. The maximum atomic E-state index is 13.0. The van der Waals surface area contributed by atoms with E-state index in [-0.39, 0.29) is 24.2 Å². The maximum absolute atomic E-state index is 13.0. The molecule has 1 amide bonds.